The third-order valence-electron chi connectivity index (χ3n) is 3.37. The van der Waals surface area contributed by atoms with Gasteiger partial charge in [-0.15, -0.1) is 0 Å². The summed E-state index contributed by atoms with van der Waals surface area (Å²) in [7, 11) is 0. The molecule has 1 fully saturated rings. The summed E-state index contributed by atoms with van der Waals surface area (Å²) in [6.45, 7) is 3.95. The summed E-state index contributed by atoms with van der Waals surface area (Å²) >= 11 is 0. The number of likely N-dealkylation sites (tertiary alicyclic amines) is 1. The first-order valence-electron chi connectivity index (χ1n) is 6.89. The van der Waals surface area contributed by atoms with Gasteiger partial charge in [0.15, 0.2) is 0 Å². The van der Waals surface area contributed by atoms with Gasteiger partial charge >= 0.3 is 0 Å². The highest BCUT2D eigenvalue weighted by atomic mass is 15.1. The van der Waals surface area contributed by atoms with E-state index in [1.807, 2.05) is 0 Å². The Kier molecular flexibility index (Phi) is 5.26. The molecule has 0 bridgehead atoms. The van der Waals surface area contributed by atoms with Crippen LogP contribution in [0.2, 0.25) is 0 Å². The van der Waals surface area contributed by atoms with Crippen molar-refractivity contribution in [2.24, 2.45) is 5.73 Å². The van der Waals surface area contributed by atoms with Gasteiger partial charge < -0.3 is 5.73 Å². The molecule has 1 aromatic rings. The largest absolute Gasteiger partial charge is 0.320 e. The first-order valence-corrected chi connectivity index (χ1v) is 6.89. The summed E-state index contributed by atoms with van der Waals surface area (Å²) in [5.41, 5.74) is 7.84. The maximum absolute atomic E-state index is 5.40. The van der Waals surface area contributed by atoms with Crippen LogP contribution in [0.25, 0.3) is 0 Å². The molecular weight excluding hydrogens is 220 g/mol. The highest BCUT2D eigenvalue weighted by molar-refractivity contribution is 5.37. The van der Waals surface area contributed by atoms with E-state index in [0.717, 1.165) is 12.1 Å². The molecule has 0 spiro atoms. The van der Waals surface area contributed by atoms with Crippen LogP contribution in [0.15, 0.2) is 24.3 Å². The molecule has 2 heteroatoms. The van der Waals surface area contributed by atoms with Gasteiger partial charge in [0.05, 0.1) is 6.54 Å². The fourth-order valence-electron chi connectivity index (χ4n) is 2.45. The minimum atomic E-state index is 0.427. The van der Waals surface area contributed by atoms with Crippen LogP contribution in [0.3, 0.4) is 0 Å². The Morgan fingerprint density at radius 2 is 1.89 bits per heavy atom. The molecule has 0 atom stereocenters. The van der Waals surface area contributed by atoms with E-state index in [9.17, 15) is 0 Å². The van der Waals surface area contributed by atoms with Gasteiger partial charge in [0.2, 0.25) is 0 Å². The van der Waals surface area contributed by atoms with E-state index in [4.69, 9.17) is 5.73 Å². The van der Waals surface area contributed by atoms with E-state index < -0.39 is 0 Å². The zero-order chi connectivity index (χ0) is 12.6. The molecule has 0 saturated carbocycles. The summed E-state index contributed by atoms with van der Waals surface area (Å²) in [6.07, 6.45) is 5.45. The normalized spacial score (nSPS) is 16.7. The lowest BCUT2D eigenvalue weighted by atomic mass is 10.1. The van der Waals surface area contributed by atoms with E-state index in [1.54, 1.807) is 0 Å². The average Bonchev–Trinajstić information content (AvgIpc) is 2.65. The van der Waals surface area contributed by atoms with Crippen molar-refractivity contribution in [1.29, 1.82) is 0 Å². The smallest absolute Gasteiger partial charge is 0.0555 e. The molecule has 1 aromatic carbocycles. The van der Waals surface area contributed by atoms with Crippen molar-refractivity contribution in [3.8, 4) is 11.8 Å². The van der Waals surface area contributed by atoms with Crippen molar-refractivity contribution in [2.75, 3.05) is 19.6 Å². The summed E-state index contributed by atoms with van der Waals surface area (Å²) in [5, 5.41) is 0. The number of hydrogen-bond donors (Lipinski definition) is 1. The highest BCUT2D eigenvalue weighted by Gasteiger charge is 2.09. The minimum Gasteiger partial charge on any atom is -0.320 e. The molecule has 1 heterocycles. The summed E-state index contributed by atoms with van der Waals surface area (Å²) < 4.78 is 0. The Labute approximate surface area is 110 Å². The predicted octanol–water partition coefficient (Wildman–Crippen LogP) is 2.37. The Bertz CT molecular complexity index is 420. The lowest BCUT2D eigenvalue weighted by molar-refractivity contribution is 0.277. The first kappa shape index (κ1) is 13.1. The van der Waals surface area contributed by atoms with Crippen LogP contribution in [0, 0.1) is 11.8 Å². The third-order valence-corrected chi connectivity index (χ3v) is 3.37. The molecule has 0 aliphatic carbocycles. The summed E-state index contributed by atoms with van der Waals surface area (Å²) in [6, 6.07) is 8.52. The topological polar surface area (TPSA) is 29.3 Å². The predicted molar refractivity (Wildman–Crippen MR) is 76.1 cm³/mol. The van der Waals surface area contributed by atoms with Crippen molar-refractivity contribution in [1.82, 2.24) is 4.90 Å². The van der Waals surface area contributed by atoms with Gasteiger partial charge in [0, 0.05) is 12.1 Å². The van der Waals surface area contributed by atoms with Crippen molar-refractivity contribution in [3.05, 3.63) is 35.4 Å². The van der Waals surface area contributed by atoms with Gasteiger partial charge in [-0.25, -0.2) is 0 Å². The quantitative estimate of drug-likeness (QED) is 0.807. The monoisotopic (exact) mass is 242 g/mol. The van der Waals surface area contributed by atoms with E-state index >= 15 is 0 Å². The molecule has 0 aromatic heterocycles. The number of rotatable bonds is 2. The summed E-state index contributed by atoms with van der Waals surface area (Å²) in [4.78, 5) is 2.56. The maximum Gasteiger partial charge on any atom is 0.0555 e. The van der Waals surface area contributed by atoms with Crippen LogP contribution in [0.5, 0.6) is 0 Å². The van der Waals surface area contributed by atoms with Crippen LogP contribution in [0.4, 0.5) is 0 Å². The maximum atomic E-state index is 5.40. The number of hydrogen-bond acceptors (Lipinski definition) is 2. The molecule has 0 amide bonds. The van der Waals surface area contributed by atoms with E-state index in [1.165, 1.54) is 44.3 Å². The lowest BCUT2D eigenvalue weighted by Crippen LogP contribution is -2.23. The second kappa shape index (κ2) is 7.20. The Balaban J connectivity index is 1.99. The molecule has 0 radical (unpaired) electrons. The summed E-state index contributed by atoms with van der Waals surface area (Å²) in [5.74, 6) is 6.01. The molecule has 2 N–H and O–H groups in total. The standard InChI is InChI=1S/C16H22N2/c17-10-6-9-15-7-5-8-16(13-15)14-18-11-3-1-2-4-12-18/h5,7-8,13H,1-4,10-12,14,17H2. The Morgan fingerprint density at radius 1 is 1.11 bits per heavy atom. The molecule has 18 heavy (non-hydrogen) atoms. The van der Waals surface area contributed by atoms with Gasteiger partial charge in [-0.3, -0.25) is 4.90 Å². The zero-order valence-electron chi connectivity index (χ0n) is 11.0. The van der Waals surface area contributed by atoms with E-state index in [-0.39, 0.29) is 0 Å². The molecule has 1 aliphatic rings. The van der Waals surface area contributed by atoms with Gasteiger partial charge in [0.1, 0.15) is 0 Å². The fourth-order valence-corrected chi connectivity index (χ4v) is 2.45. The van der Waals surface area contributed by atoms with Gasteiger partial charge in [-0.1, -0.05) is 36.8 Å². The molecule has 2 rings (SSSR count). The molecule has 0 unspecified atom stereocenters. The lowest BCUT2D eigenvalue weighted by Gasteiger charge is -2.19. The Morgan fingerprint density at radius 3 is 2.61 bits per heavy atom. The van der Waals surface area contributed by atoms with E-state index in [2.05, 4.69) is 41.0 Å². The molecule has 96 valence electrons. The van der Waals surface area contributed by atoms with Crippen LogP contribution >= 0.6 is 0 Å². The van der Waals surface area contributed by atoms with Gasteiger partial charge in [-0.2, -0.15) is 0 Å². The van der Waals surface area contributed by atoms with Crippen molar-refractivity contribution in [2.45, 2.75) is 32.2 Å². The third kappa shape index (κ3) is 4.18. The second-order valence-electron chi connectivity index (χ2n) is 4.90. The van der Waals surface area contributed by atoms with Crippen LogP contribution in [-0.4, -0.2) is 24.5 Å². The van der Waals surface area contributed by atoms with Crippen molar-refractivity contribution >= 4 is 0 Å². The Hall–Kier alpha value is -1.30. The van der Waals surface area contributed by atoms with Gasteiger partial charge in [0.25, 0.3) is 0 Å². The van der Waals surface area contributed by atoms with Gasteiger partial charge in [-0.05, 0) is 43.6 Å². The highest BCUT2D eigenvalue weighted by Crippen LogP contribution is 2.13. The number of benzene rings is 1. The van der Waals surface area contributed by atoms with Crippen molar-refractivity contribution < 1.29 is 0 Å². The average molecular weight is 242 g/mol. The van der Waals surface area contributed by atoms with Crippen LogP contribution in [-0.2, 0) is 6.54 Å². The van der Waals surface area contributed by atoms with Crippen LogP contribution in [0.1, 0.15) is 36.8 Å². The first-order chi connectivity index (χ1) is 8.88. The SMILES string of the molecule is NCC#Cc1cccc(CN2CCCCCC2)c1. The number of nitrogens with two attached hydrogens (primary N) is 1. The molecular formula is C16H22N2. The molecule has 1 saturated heterocycles. The second-order valence-corrected chi connectivity index (χ2v) is 4.90. The molecule has 2 nitrogen and oxygen atoms in total. The molecule has 1 aliphatic heterocycles. The zero-order valence-corrected chi connectivity index (χ0v) is 11.0. The number of nitrogens with zero attached hydrogens (tertiary/aromatic N) is 1. The van der Waals surface area contributed by atoms with E-state index in [0.29, 0.717) is 6.54 Å². The fraction of sp³-hybridized carbons (Fsp3) is 0.500. The minimum absolute atomic E-state index is 0.427. The van der Waals surface area contributed by atoms with Crippen molar-refractivity contribution in [3.63, 3.8) is 0 Å². The van der Waals surface area contributed by atoms with Crippen LogP contribution < -0.4 is 5.73 Å².